The monoisotopic (exact) mass is 293 g/mol. The van der Waals surface area contributed by atoms with Gasteiger partial charge in [-0.2, -0.15) is 0 Å². The van der Waals surface area contributed by atoms with Crippen LogP contribution in [-0.4, -0.2) is 35.9 Å². The first kappa shape index (κ1) is 15.2. The Morgan fingerprint density at radius 1 is 1.33 bits per heavy atom. The van der Waals surface area contributed by atoms with E-state index in [1.807, 2.05) is 0 Å². The Hall–Kier alpha value is -2.24. The highest BCUT2D eigenvalue weighted by molar-refractivity contribution is 5.99. The molecule has 1 amide bonds. The first-order chi connectivity index (χ1) is 9.74. The number of aliphatic carboxylic acids is 1. The van der Waals surface area contributed by atoms with Crippen LogP contribution in [-0.2, 0) is 16.0 Å². The quantitative estimate of drug-likeness (QED) is 0.906. The zero-order chi connectivity index (χ0) is 15.8. The van der Waals surface area contributed by atoms with E-state index in [0.717, 1.165) is 0 Å². The summed E-state index contributed by atoms with van der Waals surface area (Å²) in [6.45, 7) is 5.22. The van der Waals surface area contributed by atoms with Crippen molar-refractivity contribution in [2.24, 2.45) is 0 Å². The van der Waals surface area contributed by atoms with Gasteiger partial charge in [0.05, 0.1) is 12.8 Å². The van der Waals surface area contributed by atoms with Crippen molar-refractivity contribution in [1.29, 1.82) is 0 Å². The smallest absolute Gasteiger partial charge is 0.415 e. The van der Waals surface area contributed by atoms with Crippen LogP contribution in [0.4, 0.5) is 10.5 Å². The molecule has 0 fully saturated rings. The van der Waals surface area contributed by atoms with Crippen LogP contribution in [0.5, 0.6) is 5.75 Å². The first-order valence-electron chi connectivity index (χ1n) is 6.65. The lowest BCUT2D eigenvalue weighted by atomic mass is 10.1. The molecule has 1 aliphatic rings. The number of hydrogen-bond acceptors (Lipinski definition) is 4. The summed E-state index contributed by atoms with van der Waals surface area (Å²) < 4.78 is 10.6. The highest BCUT2D eigenvalue weighted by Gasteiger charge is 2.41. The van der Waals surface area contributed by atoms with E-state index >= 15 is 0 Å². The van der Waals surface area contributed by atoms with E-state index in [1.54, 1.807) is 39.0 Å². The molecule has 1 heterocycles. The van der Waals surface area contributed by atoms with Crippen molar-refractivity contribution in [1.82, 2.24) is 0 Å². The summed E-state index contributed by atoms with van der Waals surface area (Å²) in [5.74, 6) is -0.496. The minimum atomic E-state index is -1.07. The number of benzene rings is 1. The molecular weight excluding hydrogens is 274 g/mol. The van der Waals surface area contributed by atoms with Crippen LogP contribution in [0.25, 0.3) is 0 Å². The molecule has 0 spiro atoms. The first-order valence-corrected chi connectivity index (χ1v) is 6.65. The largest absolute Gasteiger partial charge is 0.496 e. The van der Waals surface area contributed by atoms with Crippen molar-refractivity contribution >= 4 is 17.7 Å². The number of ether oxygens (including phenoxy) is 2. The van der Waals surface area contributed by atoms with E-state index in [2.05, 4.69) is 0 Å². The summed E-state index contributed by atoms with van der Waals surface area (Å²) in [7, 11) is 1.52. The number of nitrogens with zero attached hydrogens (tertiary/aromatic N) is 1. The number of carboxylic acid groups (broad SMARTS) is 1. The van der Waals surface area contributed by atoms with Crippen LogP contribution in [0.2, 0.25) is 0 Å². The van der Waals surface area contributed by atoms with Crippen LogP contribution >= 0.6 is 0 Å². The van der Waals surface area contributed by atoms with Crippen LogP contribution in [0.3, 0.4) is 0 Å². The summed E-state index contributed by atoms with van der Waals surface area (Å²) in [5, 5.41) is 9.38. The number of carbonyl (C=O) groups excluding carboxylic acids is 1. The molecule has 0 aliphatic carbocycles. The van der Waals surface area contributed by atoms with Gasteiger partial charge in [-0.05, 0) is 32.9 Å². The van der Waals surface area contributed by atoms with Gasteiger partial charge in [0, 0.05) is 12.0 Å². The Balaban J connectivity index is 2.43. The molecule has 1 atom stereocenters. The molecule has 2 rings (SSSR count). The molecular formula is C15H19NO5. The number of carbonyl (C=O) groups is 2. The summed E-state index contributed by atoms with van der Waals surface area (Å²) in [5.41, 5.74) is 0.538. The fraction of sp³-hybridized carbons (Fsp3) is 0.467. The normalized spacial score (nSPS) is 17.3. The molecule has 1 aliphatic heterocycles. The zero-order valence-corrected chi connectivity index (χ0v) is 12.5. The molecule has 21 heavy (non-hydrogen) atoms. The molecule has 0 aromatic heterocycles. The predicted octanol–water partition coefficient (Wildman–Crippen LogP) is 2.45. The second kappa shape index (κ2) is 5.27. The van der Waals surface area contributed by atoms with Gasteiger partial charge in [-0.3, -0.25) is 4.90 Å². The third-order valence-corrected chi connectivity index (χ3v) is 3.17. The molecule has 0 saturated heterocycles. The van der Waals surface area contributed by atoms with E-state index in [0.29, 0.717) is 17.0 Å². The van der Waals surface area contributed by atoms with Gasteiger partial charge < -0.3 is 14.6 Å². The lowest BCUT2D eigenvalue weighted by molar-refractivity contribution is -0.138. The molecule has 1 N–H and O–H groups in total. The van der Waals surface area contributed by atoms with Crippen LogP contribution < -0.4 is 9.64 Å². The molecule has 114 valence electrons. The number of rotatable bonds is 2. The van der Waals surface area contributed by atoms with Gasteiger partial charge in [-0.25, -0.2) is 9.59 Å². The highest BCUT2D eigenvalue weighted by atomic mass is 16.6. The maximum absolute atomic E-state index is 12.3. The maximum Gasteiger partial charge on any atom is 0.415 e. The van der Waals surface area contributed by atoms with Crippen molar-refractivity contribution < 1.29 is 24.2 Å². The van der Waals surface area contributed by atoms with Crippen LogP contribution in [0.1, 0.15) is 26.3 Å². The van der Waals surface area contributed by atoms with Crippen molar-refractivity contribution in [2.75, 3.05) is 12.0 Å². The Labute approximate surface area is 123 Å². The molecule has 6 nitrogen and oxygen atoms in total. The van der Waals surface area contributed by atoms with Gasteiger partial charge in [0.2, 0.25) is 0 Å². The summed E-state index contributed by atoms with van der Waals surface area (Å²) in [6.07, 6.45) is -0.463. The second-order valence-electron chi connectivity index (χ2n) is 5.87. The average molecular weight is 293 g/mol. The molecule has 0 unspecified atom stereocenters. The van der Waals surface area contributed by atoms with Gasteiger partial charge in [0.1, 0.15) is 17.4 Å². The minimum absolute atomic E-state index is 0.202. The fourth-order valence-corrected chi connectivity index (χ4v) is 2.36. The fourth-order valence-electron chi connectivity index (χ4n) is 2.36. The number of anilines is 1. The van der Waals surface area contributed by atoms with Crippen molar-refractivity contribution in [3.8, 4) is 5.75 Å². The lowest BCUT2D eigenvalue weighted by Gasteiger charge is -2.27. The summed E-state index contributed by atoms with van der Waals surface area (Å²) in [6, 6.07) is 4.19. The zero-order valence-electron chi connectivity index (χ0n) is 12.5. The Morgan fingerprint density at radius 2 is 2.00 bits per heavy atom. The van der Waals surface area contributed by atoms with E-state index in [-0.39, 0.29) is 6.42 Å². The number of carboxylic acids is 1. The van der Waals surface area contributed by atoms with Gasteiger partial charge in [-0.15, -0.1) is 0 Å². The number of hydrogen-bond donors (Lipinski definition) is 1. The number of methoxy groups -OCH3 is 1. The van der Waals surface area contributed by atoms with E-state index in [9.17, 15) is 14.7 Å². The highest BCUT2D eigenvalue weighted by Crippen LogP contribution is 2.39. The molecule has 1 aromatic rings. The summed E-state index contributed by atoms with van der Waals surface area (Å²) in [4.78, 5) is 25.0. The van der Waals surface area contributed by atoms with E-state index in [4.69, 9.17) is 9.47 Å². The maximum atomic E-state index is 12.3. The Kier molecular flexibility index (Phi) is 3.80. The van der Waals surface area contributed by atoms with E-state index in [1.165, 1.54) is 12.0 Å². The van der Waals surface area contributed by atoms with E-state index < -0.39 is 23.7 Å². The second-order valence-corrected chi connectivity index (χ2v) is 5.87. The van der Waals surface area contributed by atoms with Crippen molar-refractivity contribution in [3.05, 3.63) is 23.8 Å². The van der Waals surface area contributed by atoms with Crippen molar-refractivity contribution in [2.45, 2.75) is 38.8 Å². The molecule has 6 heteroatoms. The van der Waals surface area contributed by atoms with Gasteiger partial charge in [0.25, 0.3) is 0 Å². The lowest BCUT2D eigenvalue weighted by Crippen LogP contribution is -2.45. The predicted molar refractivity (Wildman–Crippen MR) is 76.8 cm³/mol. The molecule has 0 saturated carbocycles. The van der Waals surface area contributed by atoms with Crippen LogP contribution in [0, 0.1) is 0 Å². The molecule has 0 bridgehead atoms. The van der Waals surface area contributed by atoms with Crippen molar-refractivity contribution in [3.63, 3.8) is 0 Å². The standard InChI is InChI=1S/C15H19NO5/c1-15(2,3)21-14(19)16-10-6-5-7-12(20-4)9(10)8-11(16)13(17)18/h5-7,11H,8H2,1-4H3,(H,17,18)/t11-/m1/s1. The number of amides is 1. The molecule has 1 aromatic carbocycles. The Morgan fingerprint density at radius 3 is 2.52 bits per heavy atom. The SMILES string of the molecule is COc1cccc2c1C[C@H](C(=O)O)N2C(=O)OC(C)(C)C. The number of fused-ring (bicyclic) bond motifs is 1. The topological polar surface area (TPSA) is 76.1 Å². The summed E-state index contributed by atoms with van der Waals surface area (Å²) >= 11 is 0. The third kappa shape index (κ3) is 2.94. The minimum Gasteiger partial charge on any atom is -0.496 e. The van der Waals surface area contributed by atoms with Crippen LogP contribution in [0.15, 0.2) is 18.2 Å². The molecule has 0 radical (unpaired) electrons. The van der Waals surface area contributed by atoms with Gasteiger partial charge in [0.15, 0.2) is 0 Å². The average Bonchev–Trinajstić information content (AvgIpc) is 2.75. The van der Waals surface area contributed by atoms with Gasteiger partial charge in [-0.1, -0.05) is 6.07 Å². The Bertz CT molecular complexity index is 576. The van der Waals surface area contributed by atoms with Gasteiger partial charge >= 0.3 is 12.1 Å². The third-order valence-electron chi connectivity index (χ3n) is 3.17.